The van der Waals surface area contributed by atoms with Crippen LogP contribution in [-0.2, 0) is 4.74 Å². The smallest absolute Gasteiger partial charge is 0.102 e. The second kappa shape index (κ2) is 4.96. The highest BCUT2D eigenvalue weighted by Crippen LogP contribution is 2.35. The van der Waals surface area contributed by atoms with E-state index in [0.717, 1.165) is 19.3 Å². The summed E-state index contributed by atoms with van der Waals surface area (Å²) in [5.74, 6) is 0.582. The number of aliphatic hydroxyl groups is 1. The lowest BCUT2D eigenvalue weighted by molar-refractivity contribution is 0.0216. The summed E-state index contributed by atoms with van der Waals surface area (Å²) >= 11 is 0. The van der Waals surface area contributed by atoms with Crippen molar-refractivity contribution in [2.45, 2.75) is 36.8 Å². The fraction of sp³-hybridized carbons (Fsp3) is 0.643. The van der Waals surface area contributed by atoms with Gasteiger partial charge in [-0.05, 0) is 25.0 Å². The van der Waals surface area contributed by atoms with Gasteiger partial charge in [-0.3, -0.25) is 4.98 Å². The number of nitrogens with zero attached hydrogens (tertiary/aromatic N) is 1. The summed E-state index contributed by atoms with van der Waals surface area (Å²) < 4.78 is 5.23. The molecular formula is C14H20N2O2. The van der Waals surface area contributed by atoms with Crippen LogP contribution in [0.15, 0.2) is 24.4 Å². The Hall–Kier alpha value is -0.970. The summed E-state index contributed by atoms with van der Waals surface area (Å²) in [4.78, 5) is 4.39. The summed E-state index contributed by atoms with van der Waals surface area (Å²) in [7, 11) is 0. The van der Waals surface area contributed by atoms with Crippen LogP contribution in [0.3, 0.4) is 0 Å². The molecule has 2 N–H and O–H groups in total. The average molecular weight is 248 g/mol. The summed E-state index contributed by atoms with van der Waals surface area (Å²) in [6, 6.07) is 6.61. The molecule has 0 amide bonds. The Labute approximate surface area is 107 Å². The lowest BCUT2D eigenvalue weighted by Crippen LogP contribution is -2.49. The van der Waals surface area contributed by atoms with Gasteiger partial charge in [0.1, 0.15) is 5.60 Å². The Kier molecular flexibility index (Phi) is 3.33. The van der Waals surface area contributed by atoms with Gasteiger partial charge in [0.25, 0.3) is 0 Å². The number of rotatable bonds is 4. The molecule has 1 aromatic heterocycles. The standard InChI is InChI=1S/C14H20N2O2/c17-14(4-6-18-10-14)9-16-12-7-11(8-12)13-3-1-2-5-15-13/h1-3,5,11-12,16-17H,4,6-10H2. The molecule has 2 fully saturated rings. The Morgan fingerprint density at radius 2 is 2.33 bits per heavy atom. The molecule has 1 atom stereocenters. The molecule has 1 aromatic rings. The fourth-order valence-corrected chi connectivity index (χ4v) is 2.71. The Balaban J connectivity index is 1.43. The third-order valence-electron chi connectivity index (χ3n) is 4.05. The number of pyridine rings is 1. The van der Waals surface area contributed by atoms with E-state index in [4.69, 9.17) is 4.74 Å². The van der Waals surface area contributed by atoms with Crippen molar-refractivity contribution >= 4 is 0 Å². The minimum absolute atomic E-state index is 0.469. The highest BCUT2D eigenvalue weighted by Gasteiger charge is 2.36. The molecule has 4 nitrogen and oxygen atoms in total. The molecule has 0 radical (unpaired) electrons. The van der Waals surface area contributed by atoms with Crippen LogP contribution < -0.4 is 5.32 Å². The van der Waals surface area contributed by atoms with Gasteiger partial charge in [-0.1, -0.05) is 6.07 Å². The topological polar surface area (TPSA) is 54.4 Å². The van der Waals surface area contributed by atoms with E-state index in [0.29, 0.717) is 31.7 Å². The van der Waals surface area contributed by atoms with E-state index in [2.05, 4.69) is 16.4 Å². The van der Waals surface area contributed by atoms with E-state index >= 15 is 0 Å². The summed E-state index contributed by atoms with van der Waals surface area (Å²) in [5, 5.41) is 13.6. The predicted molar refractivity (Wildman–Crippen MR) is 68.4 cm³/mol. The quantitative estimate of drug-likeness (QED) is 0.837. The minimum atomic E-state index is -0.643. The van der Waals surface area contributed by atoms with Crippen LogP contribution in [0.5, 0.6) is 0 Å². The van der Waals surface area contributed by atoms with E-state index in [1.807, 2.05) is 18.3 Å². The highest BCUT2D eigenvalue weighted by atomic mass is 16.5. The van der Waals surface area contributed by atoms with Crippen molar-refractivity contribution in [1.82, 2.24) is 10.3 Å². The molecule has 1 unspecified atom stereocenters. The third kappa shape index (κ3) is 2.55. The third-order valence-corrected chi connectivity index (χ3v) is 4.05. The second-order valence-electron chi connectivity index (χ2n) is 5.53. The van der Waals surface area contributed by atoms with E-state index in [1.165, 1.54) is 5.69 Å². The van der Waals surface area contributed by atoms with Gasteiger partial charge in [0.15, 0.2) is 0 Å². The maximum absolute atomic E-state index is 10.1. The monoisotopic (exact) mass is 248 g/mol. The highest BCUT2D eigenvalue weighted by molar-refractivity contribution is 5.14. The van der Waals surface area contributed by atoms with Gasteiger partial charge in [0, 0.05) is 43.4 Å². The first kappa shape index (κ1) is 12.1. The van der Waals surface area contributed by atoms with Crippen LogP contribution in [0, 0.1) is 0 Å². The van der Waals surface area contributed by atoms with Gasteiger partial charge in [0.05, 0.1) is 6.61 Å². The van der Waals surface area contributed by atoms with Gasteiger partial charge >= 0.3 is 0 Å². The van der Waals surface area contributed by atoms with Crippen molar-refractivity contribution in [3.63, 3.8) is 0 Å². The van der Waals surface area contributed by atoms with Crippen LogP contribution in [0.1, 0.15) is 30.9 Å². The van der Waals surface area contributed by atoms with E-state index < -0.39 is 5.60 Å². The van der Waals surface area contributed by atoms with Gasteiger partial charge in [0.2, 0.25) is 0 Å². The Morgan fingerprint density at radius 3 is 3.00 bits per heavy atom. The SMILES string of the molecule is OC1(CNC2CC(c3ccccn3)C2)CCOC1. The predicted octanol–water partition coefficient (Wildman–Crippen LogP) is 1.07. The molecule has 98 valence electrons. The molecule has 0 aromatic carbocycles. The first-order valence-electron chi connectivity index (χ1n) is 6.70. The van der Waals surface area contributed by atoms with Gasteiger partial charge in [-0.15, -0.1) is 0 Å². The van der Waals surface area contributed by atoms with Crippen LogP contribution >= 0.6 is 0 Å². The van der Waals surface area contributed by atoms with E-state index in [1.54, 1.807) is 0 Å². The molecule has 1 saturated heterocycles. The number of nitrogens with one attached hydrogen (secondary N) is 1. The van der Waals surface area contributed by atoms with Crippen LogP contribution in [0.25, 0.3) is 0 Å². The molecule has 1 aliphatic heterocycles. The van der Waals surface area contributed by atoms with E-state index in [9.17, 15) is 5.11 Å². The second-order valence-corrected chi connectivity index (χ2v) is 5.53. The number of aromatic nitrogens is 1. The molecule has 3 rings (SSSR count). The molecule has 18 heavy (non-hydrogen) atoms. The maximum Gasteiger partial charge on any atom is 0.102 e. The normalized spacial score (nSPS) is 35.4. The number of hydrogen-bond acceptors (Lipinski definition) is 4. The molecule has 4 heteroatoms. The lowest BCUT2D eigenvalue weighted by Gasteiger charge is -2.37. The van der Waals surface area contributed by atoms with Crippen molar-refractivity contribution in [2.75, 3.05) is 19.8 Å². The molecule has 1 saturated carbocycles. The Bertz CT molecular complexity index is 384. The Morgan fingerprint density at radius 1 is 1.44 bits per heavy atom. The van der Waals surface area contributed by atoms with Gasteiger partial charge < -0.3 is 15.2 Å². The number of ether oxygens (including phenoxy) is 1. The van der Waals surface area contributed by atoms with Crippen LogP contribution in [0.4, 0.5) is 0 Å². The van der Waals surface area contributed by atoms with Crippen molar-refractivity contribution in [2.24, 2.45) is 0 Å². The largest absolute Gasteiger partial charge is 0.386 e. The summed E-state index contributed by atoms with van der Waals surface area (Å²) in [5.41, 5.74) is 0.550. The van der Waals surface area contributed by atoms with Crippen molar-refractivity contribution in [3.8, 4) is 0 Å². The minimum Gasteiger partial charge on any atom is -0.386 e. The zero-order valence-electron chi connectivity index (χ0n) is 10.5. The van der Waals surface area contributed by atoms with Crippen molar-refractivity contribution in [1.29, 1.82) is 0 Å². The average Bonchev–Trinajstić information content (AvgIpc) is 2.76. The lowest BCUT2D eigenvalue weighted by atomic mass is 9.77. The summed E-state index contributed by atoms with van der Waals surface area (Å²) in [6.07, 6.45) is 4.84. The molecular weight excluding hydrogens is 228 g/mol. The summed E-state index contributed by atoms with van der Waals surface area (Å²) in [6.45, 7) is 1.79. The van der Waals surface area contributed by atoms with Crippen LogP contribution in [0.2, 0.25) is 0 Å². The van der Waals surface area contributed by atoms with Crippen molar-refractivity contribution in [3.05, 3.63) is 30.1 Å². The molecule has 0 spiro atoms. The molecule has 1 aliphatic carbocycles. The molecule has 0 bridgehead atoms. The first-order valence-corrected chi connectivity index (χ1v) is 6.70. The van der Waals surface area contributed by atoms with Crippen LogP contribution in [-0.4, -0.2) is 41.5 Å². The zero-order chi connectivity index (χ0) is 12.4. The number of hydrogen-bond donors (Lipinski definition) is 2. The fourth-order valence-electron chi connectivity index (χ4n) is 2.71. The van der Waals surface area contributed by atoms with Gasteiger partial charge in [-0.25, -0.2) is 0 Å². The van der Waals surface area contributed by atoms with Crippen molar-refractivity contribution < 1.29 is 9.84 Å². The van der Waals surface area contributed by atoms with E-state index in [-0.39, 0.29) is 0 Å². The van der Waals surface area contributed by atoms with Gasteiger partial charge in [-0.2, -0.15) is 0 Å². The maximum atomic E-state index is 10.1. The molecule has 2 aliphatic rings. The first-order chi connectivity index (χ1) is 8.75. The zero-order valence-corrected chi connectivity index (χ0v) is 10.5. The molecule has 2 heterocycles.